The number of benzene rings is 3. The Morgan fingerprint density at radius 2 is 1.59 bits per heavy atom. The fourth-order valence-electron chi connectivity index (χ4n) is 4.15. The van der Waals surface area contributed by atoms with E-state index >= 15 is 0 Å². The van der Waals surface area contributed by atoms with Crippen molar-refractivity contribution in [3.05, 3.63) is 125 Å². The molecule has 0 spiro atoms. The highest BCUT2D eigenvalue weighted by Crippen LogP contribution is 2.30. The number of amides is 2. The molecule has 0 radical (unpaired) electrons. The zero-order chi connectivity index (χ0) is 26.4. The molecule has 0 saturated carbocycles. The van der Waals surface area contributed by atoms with Gasteiger partial charge in [-0.05, 0) is 53.4 Å². The molecule has 0 fully saturated rings. The fourth-order valence-corrected chi connectivity index (χ4v) is 4.15. The van der Waals surface area contributed by atoms with Gasteiger partial charge in [-0.3, -0.25) is 14.6 Å². The molecule has 188 valence electrons. The quantitative estimate of drug-likeness (QED) is 0.349. The Labute approximate surface area is 212 Å². The van der Waals surface area contributed by atoms with E-state index in [9.17, 15) is 22.8 Å². The van der Waals surface area contributed by atoms with Gasteiger partial charge in [0.05, 0.1) is 23.7 Å². The maximum Gasteiger partial charge on any atom is 0.254 e. The summed E-state index contributed by atoms with van der Waals surface area (Å²) >= 11 is 0. The standard InChI is InChI=1S/C29H24F3N3O2/c1-33-29(37)24-16-20(9-10-25(24)32)23-8-5-11-34-28(23)26(14-19-12-21(30)17-22(31)13-19)35-27(36)15-18-6-3-2-4-7-18/h2-13,16-17,26H,14-15H2,1H3,(H,33,37)(H,35,36)/t26-/m0/s1. The third kappa shape index (κ3) is 6.41. The summed E-state index contributed by atoms with van der Waals surface area (Å²) in [5.74, 6) is -3.06. The van der Waals surface area contributed by atoms with Crippen molar-refractivity contribution < 1.29 is 22.8 Å². The Morgan fingerprint density at radius 1 is 0.865 bits per heavy atom. The van der Waals surface area contributed by atoms with Gasteiger partial charge in [0, 0.05) is 24.9 Å². The first kappa shape index (κ1) is 25.6. The minimum Gasteiger partial charge on any atom is -0.355 e. The highest BCUT2D eigenvalue weighted by molar-refractivity contribution is 5.95. The van der Waals surface area contributed by atoms with Gasteiger partial charge < -0.3 is 10.6 Å². The van der Waals surface area contributed by atoms with Crippen molar-refractivity contribution in [2.45, 2.75) is 18.9 Å². The molecule has 1 atom stereocenters. The van der Waals surface area contributed by atoms with Crippen molar-refractivity contribution in [2.75, 3.05) is 7.05 Å². The van der Waals surface area contributed by atoms with Crippen molar-refractivity contribution >= 4 is 11.8 Å². The van der Waals surface area contributed by atoms with Gasteiger partial charge in [0.15, 0.2) is 0 Å². The average molecular weight is 504 g/mol. The average Bonchev–Trinajstić information content (AvgIpc) is 2.88. The lowest BCUT2D eigenvalue weighted by Gasteiger charge is -2.22. The second-order valence-corrected chi connectivity index (χ2v) is 8.47. The largest absolute Gasteiger partial charge is 0.355 e. The van der Waals surface area contributed by atoms with Gasteiger partial charge in [-0.25, -0.2) is 13.2 Å². The summed E-state index contributed by atoms with van der Waals surface area (Å²) in [6.45, 7) is 0. The molecule has 4 rings (SSSR count). The number of aromatic nitrogens is 1. The monoisotopic (exact) mass is 503 g/mol. The molecule has 5 nitrogen and oxygen atoms in total. The summed E-state index contributed by atoms with van der Waals surface area (Å²) in [5.41, 5.74) is 2.41. The van der Waals surface area contributed by atoms with E-state index in [-0.39, 0.29) is 24.3 Å². The van der Waals surface area contributed by atoms with Crippen LogP contribution in [-0.2, 0) is 17.6 Å². The van der Waals surface area contributed by atoms with Gasteiger partial charge in [0.2, 0.25) is 5.91 Å². The number of carbonyl (C=O) groups excluding carboxylic acids is 2. The van der Waals surface area contributed by atoms with Crippen LogP contribution in [0.5, 0.6) is 0 Å². The number of halogens is 3. The smallest absolute Gasteiger partial charge is 0.254 e. The van der Waals surface area contributed by atoms with Crippen LogP contribution >= 0.6 is 0 Å². The molecule has 0 unspecified atom stereocenters. The molecule has 0 bridgehead atoms. The molecule has 0 aliphatic carbocycles. The molecular formula is C29H24F3N3O2. The lowest BCUT2D eigenvalue weighted by Crippen LogP contribution is -2.32. The Hall–Kier alpha value is -4.46. The minimum absolute atomic E-state index is 0.0444. The van der Waals surface area contributed by atoms with Crippen molar-refractivity contribution in [3.63, 3.8) is 0 Å². The lowest BCUT2D eigenvalue weighted by atomic mass is 9.94. The van der Waals surface area contributed by atoms with E-state index in [1.165, 1.54) is 43.6 Å². The number of hydrogen-bond acceptors (Lipinski definition) is 3. The van der Waals surface area contributed by atoms with Gasteiger partial charge in [0.25, 0.3) is 5.91 Å². The highest BCUT2D eigenvalue weighted by atomic mass is 19.1. The number of pyridine rings is 1. The van der Waals surface area contributed by atoms with E-state index in [0.717, 1.165) is 11.6 Å². The van der Waals surface area contributed by atoms with Crippen LogP contribution in [0.25, 0.3) is 11.1 Å². The topological polar surface area (TPSA) is 71.1 Å². The van der Waals surface area contributed by atoms with E-state index < -0.39 is 29.4 Å². The van der Waals surface area contributed by atoms with Crippen molar-refractivity contribution in [2.24, 2.45) is 0 Å². The van der Waals surface area contributed by atoms with Crippen LogP contribution in [0.15, 0.2) is 85.1 Å². The van der Waals surface area contributed by atoms with E-state index in [0.29, 0.717) is 22.4 Å². The number of rotatable bonds is 8. The molecule has 8 heteroatoms. The van der Waals surface area contributed by atoms with Crippen LogP contribution in [0.1, 0.15) is 33.2 Å². The fraction of sp³-hybridized carbons (Fsp3) is 0.138. The first-order valence-corrected chi connectivity index (χ1v) is 11.6. The van der Waals surface area contributed by atoms with Crippen LogP contribution in [-0.4, -0.2) is 23.8 Å². The zero-order valence-corrected chi connectivity index (χ0v) is 20.0. The summed E-state index contributed by atoms with van der Waals surface area (Å²) in [5, 5.41) is 5.35. The first-order valence-electron chi connectivity index (χ1n) is 11.6. The first-order chi connectivity index (χ1) is 17.8. The van der Waals surface area contributed by atoms with E-state index in [2.05, 4.69) is 15.6 Å². The van der Waals surface area contributed by atoms with Gasteiger partial charge in [-0.2, -0.15) is 0 Å². The Balaban J connectivity index is 1.74. The number of nitrogens with zero attached hydrogens (tertiary/aromatic N) is 1. The van der Waals surface area contributed by atoms with Crippen molar-refractivity contribution in [1.29, 1.82) is 0 Å². The number of carbonyl (C=O) groups is 2. The van der Waals surface area contributed by atoms with Crippen LogP contribution in [0.2, 0.25) is 0 Å². The van der Waals surface area contributed by atoms with E-state index in [4.69, 9.17) is 0 Å². The second kappa shape index (κ2) is 11.5. The van der Waals surface area contributed by atoms with Gasteiger partial charge >= 0.3 is 0 Å². The molecule has 4 aromatic rings. The van der Waals surface area contributed by atoms with Gasteiger partial charge in [0.1, 0.15) is 17.5 Å². The third-order valence-electron chi connectivity index (χ3n) is 5.82. The summed E-state index contributed by atoms with van der Waals surface area (Å²) < 4.78 is 42.2. The van der Waals surface area contributed by atoms with Gasteiger partial charge in [-0.15, -0.1) is 0 Å². The van der Waals surface area contributed by atoms with Crippen LogP contribution in [0.3, 0.4) is 0 Å². The summed E-state index contributed by atoms with van der Waals surface area (Å²) in [4.78, 5) is 29.6. The summed E-state index contributed by atoms with van der Waals surface area (Å²) in [6.07, 6.45) is 1.67. The third-order valence-corrected chi connectivity index (χ3v) is 5.82. The molecule has 2 amide bonds. The Morgan fingerprint density at radius 3 is 2.30 bits per heavy atom. The molecule has 1 heterocycles. The molecule has 3 aromatic carbocycles. The predicted octanol–water partition coefficient (Wildman–Crippen LogP) is 5.17. The molecule has 2 N–H and O–H groups in total. The number of nitrogens with one attached hydrogen (secondary N) is 2. The van der Waals surface area contributed by atoms with E-state index in [1.807, 2.05) is 30.3 Å². The SMILES string of the molecule is CNC(=O)c1cc(-c2cccnc2[C@H](Cc2cc(F)cc(F)c2)NC(=O)Cc2ccccc2)ccc1F. The number of hydrogen-bond donors (Lipinski definition) is 2. The molecule has 0 aliphatic heterocycles. The Bertz CT molecular complexity index is 1410. The second-order valence-electron chi connectivity index (χ2n) is 8.47. The highest BCUT2D eigenvalue weighted by Gasteiger charge is 2.22. The zero-order valence-electron chi connectivity index (χ0n) is 20.0. The predicted molar refractivity (Wildman–Crippen MR) is 134 cm³/mol. The van der Waals surface area contributed by atoms with Crippen LogP contribution in [0, 0.1) is 17.5 Å². The van der Waals surface area contributed by atoms with Crippen LogP contribution < -0.4 is 10.6 Å². The molecule has 0 saturated heterocycles. The maximum atomic E-state index is 14.3. The lowest BCUT2D eigenvalue weighted by molar-refractivity contribution is -0.121. The molecule has 1 aromatic heterocycles. The Kier molecular flexibility index (Phi) is 7.98. The molecule has 0 aliphatic rings. The normalized spacial score (nSPS) is 11.6. The van der Waals surface area contributed by atoms with Crippen LogP contribution in [0.4, 0.5) is 13.2 Å². The molecular weight excluding hydrogens is 479 g/mol. The van der Waals surface area contributed by atoms with Crippen molar-refractivity contribution in [1.82, 2.24) is 15.6 Å². The summed E-state index contributed by atoms with van der Waals surface area (Å²) in [6, 6.07) is 19.0. The van der Waals surface area contributed by atoms with Gasteiger partial charge in [-0.1, -0.05) is 42.5 Å². The van der Waals surface area contributed by atoms with Crippen molar-refractivity contribution in [3.8, 4) is 11.1 Å². The minimum atomic E-state index is -0.776. The molecule has 37 heavy (non-hydrogen) atoms. The van der Waals surface area contributed by atoms with E-state index in [1.54, 1.807) is 12.1 Å². The maximum absolute atomic E-state index is 14.3. The summed E-state index contributed by atoms with van der Waals surface area (Å²) in [7, 11) is 1.40.